The van der Waals surface area contributed by atoms with Crippen molar-refractivity contribution in [2.24, 2.45) is 0 Å². The Morgan fingerprint density at radius 1 is 1.50 bits per heavy atom. The van der Waals surface area contributed by atoms with Crippen LogP contribution in [0.3, 0.4) is 0 Å². The lowest BCUT2D eigenvalue weighted by molar-refractivity contribution is 0.0477. The Hall–Kier alpha value is -0.820. The summed E-state index contributed by atoms with van der Waals surface area (Å²) < 4.78 is 0.753. The topological polar surface area (TPSA) is 52.6 Å². The summed E-state index contributed by atoms with van der Waals surface area (Å²) in [6.45, 7) is 6.38. The van der Waals surface area contributed by atoms with E-state index >= 15 is 0 Å². The number of carbonyl (C=O) groups excluding carboxylic acids is 1. The Morgan fingerprint density at radius 2 is 2.22 bits per heavy atom. The summed E-state index contributed by atoms with van der Waals surface area (Å²) in [5, 5.41) is 13.0. The van der Waals surface area contributed by atoms with Gasteiger partial charge in [0, 0.05) is 25.2 Å². The van der Waals surface area contributed by atoms with Gasteiger partial charge in [0.15, 0.2) is 0 Å². The fourth-order valence-electron chi connectivity index (χ4n) is 2.16. The third-order valence-corrected chi connectivity index (χ3v) is 4.15. The highest BCUT2D eigenvalue weighted by Crippen LogP contribution is 2.24. The minimum absolute atomic E-state index is 0.0202. The molecule has 1 fully saturated rings. The molecule has 1 aromatic carbocycles. The Morgan fingerprint density at radius 3 is 2.83 bits per heavy atom. The molecule has 2 N–H and O–H groups in total. The van der Waals surface area contributed by atoms with Gasteiger partial charge in [-0.25, -0.2) is 0 Å². The second kappa shape index (κ2) is 5.05. The average Bonchev–Trinajstić information content (AvgIpc) is 2.31. The summed E-state index contributed by atoms with van der Waals surface area (Å²) in [5.41, 5.74) is 0.344. The van der Waals surface area contributed by atoms with E-state index in [1.807, 2.05) is 41.3 Å². The maximum absolute atomic E-state index is 12.5. The van der Waals surface area contributed by atoms with Crippen LogP contribution in [0.5, 0.6) is 5.75 Å². The molecule has 0 aromatic heterocycles. The van der Waals surface area contributed by atoms with Gasteiger partial charge in [0.05, 0.1) is 9.11 Å². The third-order valence-electron chi connectivity index (χ3n) is 3.24. The molecule has 18 heavy (non-hydrogen) atoms. The fraction of sp³-hybridized carbons (Fsp3) is 0.462. The number of hydrogen-bond donors (Lipinski definition) is 2. The Labute approximate surface area is 121 Å². The number of amides is 1. The number of nitrogens with zero attached hydrogens (tertiary/aromatic N) is 1. The predicted molar refractivity (Wildman–Crippen MR) is 78.8 cm³/mol. The molecule has 1 aliphatic heterocycles. The first-order chi connectivity index (χ1) is 8.42. The molecular formula is C13H17IN2O2. The van der Waals surface area contributed by atoms with Crippen LogP contribution in [0.2, 0.25) is 0 Å². The molecule has 0 radical (unpaired) electrons. The van der Waals surface area contributed by atoms with Crippen molar-refractivity contribution in [3.8, 4) is 5.75 Å². The van der Waals surface area contributed by atoms with E-state index in [9.17, 15) is 9.90 Å². The molecule has 2 rings (SSSR count). The first-order valence-electron chi connectivity index (χ1n) is 5.93. The Balaban J connectivity index is 2.27. The van der Waals surface area contributed by atoms with Gasteiger partial charge in [-0.05, 0) is 54.6 Å². The van der Waals surface area contributed by atoms with Crippen molar-refractivity contribution < 1.29 is 9.90 Å². The molecule has 0 saturated carbocycles. The van der Waals surface area contributed by atoms with Gasteiger partial charge in [-0.3, -0.25) is 4.79 Å². The Bertz CT molecular complexity index is 474. The van der Waals surface area contributed by atoms with E-state index in [0.717, 1.165) is 16.7 Å². The number of piperazine rings is 1. The number of phenolic OH excluding ortho intramolecular Hbond substituents is 1. The van der Waals surface area contributed by atoms with E-state index in [-0.39, 0.29) is 17.2 Å². The summed E-state index contributed by atoms with van der Waals surface area (Å²) in [6, 6.07) is 5.07. The molecule has 1 aliphatic rings. The van der Waals surface area contributed by atoms with Gasteiger partial charge in [0.1, 0.15) is 5.75 Å². The molecule has 1 heterocycles. The number of phenols is 1. The summed E-state index contributed by atoms with van der Waals surface area (Å²) in [4.78, 5) is 14.3. The zero-order valence-electron chi connectivity index (χ0n) is 10.5. The number of benzene rings is 1. The van der Waals surface area contributed by atoms with Crippen molar-refractivity contribution in [2.75, 3.05) is 19.6 Å². The number of nitrogens with one attached hydrogen (secondary N) is 1. The van der Waals surface area contributed by atoms with Crippen LogP contribution in [-0.2, 0) is 0 Å². The van der Waals surface area contributed by atoms with Crippen molar-refractivity contribution in [2.45, 2.75) is 19.4 Å². The van der Waals surface area contributed by atoms with Crippen LogP contribution >= 0.6 is 22.6 Å². The van der Waals surface area contributed by atoms with Gasteiger partial charge >= 0.3 is 0 Å². The standard InChI is InChI=1S/C13H17IN2O2/c1-13(2)8-15-5-6-16(13)12(18)9-3-4-10(14)11(17)7-9/h3-4,7,15,17H,5-6,8H2,1-2H3. The molecule has 0 bridgehead atoms. The lowest BCUT2D eigenvalue weighted by Crippen LogP contribution is -2.59. The maximum atomic E-state index is 12.5. The number of rotatable bonds is 1. The van der Waals surface area contributed by atoms with Crippen LogP contribution in [0.15, 0.2) is 18.2 Å². The van der Waals surface area contributed by atoms with Crippen molar-refractivity contribution in [3.05, 3.63) is 27.3 Å². The van der Waals surface area contributed by atoms with Crippen molar-refractivity contribution >= 4 is 28.5 Å². The second-order valence-electron chi connectivity index (χ2n) is 5.11. The van der Waals surface area contributed by atoms with E-state index in [1.165, 1.54) is 0 Å². The van der Waals surface area contributed by atoms with Gasteiger partial charge in [0.2, 0.25) is 0 Å². The van der Waals surface area contributed by atoms with E-state index in [4.69, 9.17) is 0 Å². The molecule has 4 nitrogen and oxygen atoms in total. The molecule has 98 valence electrons. The summed E-state index contributed by atoms with van der Waals surface area (Å²) >= 11 is 2.04. The van der Waals surface area contributed by atoms with Crippen molar-refractivity contribution in [3.63, 3.8) is 0 Å². The van der Waals surface area contributed by atoms with Crippen LogP contribution < -0.4 is 5.32 Å². The molecule has 1 amide bonds. The summed E-state index contributed by atoms with van der Waals surface area (Å²) in [7, 11) is 0. The zero-order chi connectivity index (χ0) is 13.3. The first-order valence-corrected chi connectivity index (χ1v) is 7.01. The fourth-order valence-corrected chi connectivity index (χ4v) is 2.50. The third kappa shape index (κ3) is 2.61. The molecule has 5 heteroatoms. The van der Waals surface area contributed by atoms with Crippen molar-refractivity contribution in [1.82, 2.24) is 10.2 Å². The number of aromatic hydroxyl groups is 1. The largest absolute Gasteiger partial charge is 0.507 e. The second-order valence-corrected chi connectivity index (χ2v) is 6.27. The molecule has 1 aromatic rings. The molecule has 0 spiro atoms. The molecule has 0 unspecified atom stereocenters. The van der Waals surface area contributed by atoms with Gasteiger partial charge in [-0.2, -0.15) is 0 Å². The van der Waals surface area contributed by atoms with Crippen LogP contribution in [-0.4, -0.2) is 41.1 Å². The monoisotopic (exact) mass is 360 g/mol. The zero-order valence-corrected chi connectivity index (χ0v) is 12.7. The quantitative estimate of drug-likeness (QED) is 0.752. The van der Waals surface area contributed by atoms with E-state index in [2.05, 4.69) is 5.32 Å². The van der Waals surface area contributed by atoms with Gasteiger partial charge in [-0.15, -0.1) is 0 Å². The van der Waals surface area contributed by atoms with Crippen LogP contribution in [0.25, 0.3) is 0 Å². The normalized spacial score (nSPS) is 18.7. The number of hydrogen-bond acceptors (Lipinski definition) is 3. The van der Waals surface area contributed by atoms with Gasteiger partial charge < -0.3 is 15.3 Å². The number of halogens is 1. The van der Waals surface area contributed by atoms with Crippen molar-refractivity contribution in [1.29, 1.82) is 0 Å². The lowest BCUT2D eigenvalue weighted by atomic mass is 9.98. The van der Waals surface area contributed by atoms with E-state index in [0.29, 0.717) is 12.1 Å². The highest BCUT2D eigenvalue weighted by Gasteiger charge is 2.33. The van der Waals surface area contributed by atoms with Crippen LogP contribution in [0.1, 0.15) is 24.2 Å². The highest BCUT2D eigenvalue weighted by molar-refractivity contribution is 14.1. The SMILES string of the molecule is CC1(C)CNCCN1C(=O)c1ccc(I)c(O)c1. The average molecular weight is 360 g/mol. The maximum Gasteiger partial charge on any atom is 0.254 e. The van der Waals surface area contributed by atoms with E-state index in [1.54, 1.807) is 18.2 Å². The molecular weight excluding hydrogens is 343 g/mol. The summed E-state index contributed by atoms with van der Waals surface area (Å²) in [6.07, 6.45) is 0. The highest BCUT2D eigenvalue weighted by atomic mass is 127. The van der Waals surface area contributed by atoms with Crippen LogP contribution in [0.4, 0.5) is 0 Å². The minimum Gasteiger partial charge on any atom is -0.507 e. The lowest BCUT2D eigenvalue weighted by Gasteiger charge is -2.42. The predicted octanol–water partition coefficient (Wildman–Crippen LogP) is 1.82. The molecule has 1 saturated heterocycles. The van der Waals surface area contributed by atoms with Gasteiger partial charge in [0.25, 0.3) is 5.91 Å². The number of carbonyl (C=O) groups is 1. The Kier molecular flexibility index (Phi) is 3.82. The first kappa shape index (κ1) is 13.6. The van der Waals surface area contributed by atoms with Crippen LogP contribution in [0, 0.1) is 3.57 Å². The van der Waals surface area contributed by atoms with E-state index < -0.39 is 0 Å². The smallest absolute Gasteiger partial charge is 0.254 e. The molecule has 0 atom stereocenters. The summed E-state index contributed by atoms with van der Waals surface area (Å²) in [5.74, 6) is 0.141. The minimum atomic E-state index is -0.200. The molecule has 0 aliphatic carbocycles. The van der Waals surface area contributed by atoms with Gasteiger partial charge in [-0.1, -0.05) is 0 Å².